The number of anilines is 2. The van der Waals surface area contributed by atoms with Crippen LogP contribution in [0.5, 0.6) is 0 Å². The van der Waals surface area contributed by atoms with Crippen molar-refractivity contribution < 1.29 is 4.92 Å². The third-order valence-electron chi connectivity index (χ3n) is 4.81. The van der Waals surface area contributed by atoms with Crippen LogP contribution in [0.25, 0.3) is 0 Å². The molecular weight excluding hydrogens is 330 g/mol. The number of nitrogens with zero attached hydrogens (tertiary/aromatic N) is 2. The Balaban J connectivity index is 1.59. The summed E-state index contributed by atoms with van der Waals surface area (Å²) in [5, 5.41) is 14.5. The van der Waals surface area contributed by atoms with Gasteiger partial charge in [-0.3, -0.25) is 20.9 Å². The predicted octanol–water partition coefficient (Wildman–Crippen LogP) is 3.13. The molecule has 1 saturated heterocycles. The van der Waals surface area contributed by atoms with Gasteiger partial charge in [0.2, 0.25) is 0 Å². The van der Waals surface area contributed by atoms with Crippen molar-refractivity contribution in [1.29, 1.82) is 0 Å². The monoisotopic (exact) mass is 355 g/mol. The van der Waals surface area contributed by atoms with E-state index in [9.17, 15) is 10.1 Å². The van der Waals surface area contributed by atoms with Crippen LogP contribution in [0.2, 0.25) is 0 Å². The maximum Gasteiger partial charge on any atom is 0.269 e. The highest BCUT2D eigenvalue weighted by atomic mass is 16.6. The lowest BCUT2D eigenvalue weighted by molar-refractivity contribution is -0.384. The summed E-state index contributed by atoms with van der Waals surface area (Å²) in [5.74, 6) is 5.54. The summed E-state index contributed by atoms with van der Waals surface area (Å²) in [6.45, 7) is 4.73. The van der Waals surface area contributed by atoms with Gasteiger partial charge in [-0.2, -0.15) is 0 Å². The van der Waals surface area contributed by atoms with Crippen molar-refractivity contribution in [3.8, 4) is 0 Å². The van der Waals surface area contributed by atoms with Gasteiger partial charge in [-0.25, -0.2) is 0 Å². The van der Waals surface area contributed by atoms with Crippen molar-refractivity contribution in [3.05, 3.63) is 63.7 Å². The Morgan fingerprint density at radius 2 is 2.15 bits per heavy atom. The minimum absolute atomic E-state index is 0.150. The molecule has 3 rings (SSSR count). The molecule has 2 aromatic carbocycles. The zero-order valence-corrected chi connectivity index (χ0v) is 14.9. The number of likely N-dealkylation sites (tertiary alicyclic amines) is 1. The van der Waals surface area contributed by atoms with E-state index in [0.29, 0.717) is 6.04 Å². The summed E-state index contributed by atoms with van der Waals surface area (Å²) >= 11 is 0. The molecule has 4 N–H and O–H groups in total. The first-order valence-electron chi connectivity index (χ1n) is 8.90. The van der Waals surface area contributed by atoms with Gasteiger partial charge >= 0.3 is 0 Å². The van der Waals surface area contributed by atoms with E-state index in [1.165, 1.54) is 11.6 Å². The quantitative estimate of drug-likeness (QED) is 0.401. The molecule has 1 fully saturated rings. The van der Waals surface area contributed by atoms with Crippen LogP contribution in [0.15, 0.2) is 42.5 Å². The van der Waals surface area contributed by atoms with Crippen molar-refractivity contribution in [1.82, 2.24) is 4.90 Å². The van der Waals surface area contributed by atoms with Crippen molar-refractivity contribution in [2.75, 3.05) is 23.8 Å². The van der Waals surface area contributed by atoms with Crippen LogP contribution >= 0.6 is 0 Å². The fraction of sp³-hybridized carbons (Fsp3) is 0.368. The standard InChI is InChI=1S/C19H25N5O2/c1-2-15-11-16(6-7-19(15)22-20)21-17-8-9-23(13-17)12-14-4-3-5-18(10-14)24(25)26/h3-7,10-11,17,21-22H,2,8-9,12-13,20H2,1H3. The second kappa shape index (κ2) is 8.16. The fourth-order valence-electron chi connectivity index (χ4n) is 3.47. The summed E-state index contributed by atoms with van der Waals surface area (Å²) in [7, 11) is 0. The van der Waals surface area contributed by atoms with Crippen molar-refractivity contribution >= 4 is 17.1 Å². The number of nitrogens with one attached hydrogen (secondary N) is 2. The van der Waals surface area contributed by atoms with Crippen LogP contribution in [0.1, 0.15) is 24.5 Å². The van der Waals surface area contributed by atoms with E-state index in [2.05, 4.69) is 28.6 Å². The predicted molar refractivity (Wildman–Crippen MR) is 104 cm³/mol. The molecular formula is C19H25N5O2. The first-order chi connectivity index (χ1) is 12.6. The molecule has 1 atom stereocenters. The summed E-state index contributed by atoms with van der Waals surface area (Å²) in [6, 6.07) is 13.4. The van der Waals surface area contributed by atoms with Crippen molar-refractivity contribution in [2.24, 2.45) is 5.84 Å². The Hall–Kier alpha value is -2.64. The molecule has 7 nitrogen and oxygen atoms in total. The molecule has 0 radical (unpaired) electrons. The number of rotatable bonds is 7. The fourth-order valence-corrected chi connectivity index (χ4v) is 3.47. The molecule has 0 aromatic heterocycles. The van der Waals surface area contributed by atoms with Gasteiger partial charge in [0.25, 0.3) is 5.69 Å². The van der Waals surface area contributed by atoms with Gasteiger partial charge in [-0.05, 0) is 42.2 Å². The zero-order chi connectivity index (χ0) is 18.5. The Morgan fingerprint density at radius 3 is 2.88 bits per heavy atom. The summed E-state index contributed by atoms with van der Waals surface area (Å²) < 4.78 is 0. The van der Waals surface area contributed by atoms with Crippen LogP contribution in [0.3, 0.4) is 0 Å². The molecule has 0 saturated carbocycles. The molecule has 1 aliphatic heterocycles. The number of hydrogen-bond acceptors (Lipinski definition) is 6. The normalized spacial score (nSPS) is 17.2. The number of non-ortho nitro benzene ring substituents is 1. The number of nitro benzene ring substituents is 1. The van der Waals surface area contributed by atoms with E-state index >= 15 is 0 Å². The summed E-state index contributed by atoms with van der Waals surface area (Å²) in [4.78, 5) is 12.9. The molecule has 26 heavy (non-hydrogen) atoms. The van der Waals surface area contributed by atoms with Gasteiger partial charge in [-0.15, -0.1) is 0 Å². The minimum Gasteiger partial charge on any atom is -0.381 e. The SMILES string of the molecule is CCc1cc(NC2CCN(Cc3cccc([N+](=O)[O-])c3)C2)ccc1NN. The third kappa shape index (κ3) is 4.30. The second-order valence-electron chi connectivity index (χ2n) is 6.66. The molecule has 1 aliphatic rings. The van der Waals surface area contributed by atoms with Gasteiger partial charge < -0.3 is 10.7 Å². The van der Waals surface area contributed by atoms with E-state index in [-0.39, 0.29) is 10.6 Å². The molecule has 0 amide bonds. The highest BCUT2D eigenvalue weighted by Gasteiger charge is 2.23. The average molecular weight is 355 g/mol. The van der Waals surface area contributed by atoms with Gasteiger partial charge in [0.1, 0.15) is 0 Å². The van der Waals surface area contributed by atoms with E-state index in [4.69, 9.17) is 5.84 Å². The second-order valence-corrected chi connectivity index (χ2v) is 6.66. The summed E-state index contributed by atoms with van der Waals surface area (Å²) in [5.41, 5.74) is 7.10. The van der Waals surface area contributed by atoms with Crippen LogP contribution < -0.4 is 16.6 Å². The number of aryl methyl sites for hydroxylation is 1. The highest BCUT2D eigenvalue weighted by molar-refractivity contribution is 5.59. The summed E-state index contributed by atoms with van der Waals surface area (Å²) in [6.07, 6.45) is 1.96. The maximum absolute atomic E-state index is 10.9. The van der Waals surface area contributed by atoms with E-state index in [0.717, 1.165) is 49.4 Å². The first kappa shape index (κ1) is 18.2. The van der Waals surface area contributed by atoms with Crippen molar-refractivity contribution in [3.63, 3.8) is 0 Å². The lowest BCUT2D eigenvalue weighted by Gasteiger charge is -2.18. The number of hydrazine groups is 1. The molecule has 0 spiro atoms. The minimum atomic E-state index is -0.344. The van der Waals surface area contributed by atoms with Gasteiger partial charge in [-0.1, -0.05) is 19.1 Å². The Bertz CT molecular complexity index is 780. The zero-order valence-electron chi connectivity index (χ0n) is 14.9. The van der Waals surface area contributed by atoms with Gasteiger partial charge in [0.15, 0.2) is 0 Å². The van der Waals surface area contributed by atoms with Gasteiger partial charge in [0, 0.05) is 43.5 Å². The third-order valence-corrected chi connectivity index (χ3v) is 4.81. The molecule has 1 heterocycles. The molecule has 1 unspecified atom stereocenters. The molecule has 2 aromatic rings. The highest BCUT2D eigenvalue weighted by Crippen LogP contribution is 2.24. The van der Waals surface area contributed by atoms with Crippen LogP contribution in [0, 0.1) is 10.1 Å². The lowest BCUT2D eigenvalue weighted by atomic mass is 10.1. The number of nitrogen functional groups attached to an aromatic ring is 1. The van der Waals surface area contributed by atoms with Crippen LogP contribution in [-0.2, 0) is 13.0 Å². The van der Waals surface area contributed by atoms with Crippen LogP contribution in [0.4, 0.5) is 17.1 Å². The van der Waals surface area contributed by atoms with E-state index < -0.39 is 0 Å². The first-order valence-corrected chi connectivity index (χ1v) is 8.90. The molecule has 0 bridgehead atoms. The van der Waals surface area contributed by atoms with Gasteiger partial charge in [0.05, 0.1) is 10.6 Å². The largest absolute Gasteiger partial charge is 0.381 e. The Kier molecular flexibility index (Phi) is 5.70. The number of nitrogens with two attached hydrogens (primary N) is 1. The molecule has 0 aliphatic carbocycles. The number of benzene rings is 2. The lowest BCUT2D eigenvalue weighted by Crippen LogP contribution is -2.26. The van der Waals surface area contributed by atoms with E-state index in [1.807, 2.05) is 18.2 Å². The average Bonchev–Trinajstić information content (AvgIpc) is 3.08. The van der Waals surface area contributed by atoms with Crippen LogP contribution in [-0.4, -0.2) is 29.0 Å². The Morgan fingerprint density at radius 1 is 1.31 bits per heavy atom. The molecule has 7 heteroatoms. The number of hydrogen-bond donors (Lipinski definition) is 3. The van der Waals surface area contributed by atoms with E-state index in [1.54, 1.807) is 12.1 Å². The smallest absolute Gasteiger partial charge is 0.269 e. The maximum atomic E-state index is 10.9. The topological polar surface area (TPSA) is 96.5 Å². The number of nitro groups is 1. The van der Waals surface area contributed by atoms with Crippen molar-refractivity contribution in [2.45, 2.75) is 32.4 Å². The molecule has 138 valence electrons. The Labute approximate surface area is 153 Å².